The van der Waals surface area contributed by atoms with Gasteiger partial charge in [0.25, 0.3) is 0 Å². The highest BCUT2D eigenvalue weighted by atomic mass is 16.5. The van der Waals surface area contributed by atoms with Crippen LogP contribution < -0.4 is 15.4 Å². The SMILES string of the molecule is COc1cccc(CCNC(=O)NC[C@H](Cc2ccc(O)cc2)N(C)C)c1. The van der Waals surface area contributed by atoms with Crippen LogP contribution in [0.2, 0.25) is 0 Å². The molecule has 2 aromatic carbocycles. The van der Waals surface area contributed by atoms with Crippen LogP contribution in [0.3, 0.4) is 0 Å². The molecule has 1 atom stereocenters. The monoisotopic (exact) mass is 371 g/mol. The number of nitrogens with one attached hydrogen (secondary N) is 2. The summed E-state index contributed by atoms with van der Waals surface area (Å²) >= 11 is 0. The van der Waals surface area contributed by atoms with Crippen molar-refractivity contribution >= 4 is 6.03 Å². The van der Waals surface area contributed by atoms with E-state index in [0.717, 1.165) is 29.7 Å². The second-order valence-corrected chi connectivity index (χ2v) is 6.73. The zero-order chi connectivity index (χ0) is 19.6. The Balaban J connectivity index is 1.75. The fourth-order valence-corrected chi connectivity index (χ4v) is 2.76. The molecule has 0 spiro atoms. The van der Waals surface area contributed by atoms with Crippen molar-refractivity contribution in [3.8, 4) is 11.5 Å². The molecule has 3 N–H and O–H groups in total. The van der Waals surface area contributed by atoms with Gasteiger partial charge in [-0.25, -0.2) is 4.79 Å². The number of ether oxygens (including phenoxy) is 1. The minimum absolute atomic E-state index is 0.165. The second kappa shape index (κ2) is 10.4. The van der Waals surface area contributed by atoms with Crippen LogP contribution in [0.1, 0.15) is 11.1 Å². The molecule has 146 valence electrons. The van der Waals surface area contributed by atoms with E-state index >= 15 is 0 Å². The summed E-state index contributed by atoms with van der Waals surface area (Å²) < 4.78 is 5.21. The lowest BCUT2D eigenvalue weighted by Gasteiger charge is -2.25. The Morgan fingerprint density at radius 2 is 1.85 bits per heavy atom. The lowest BCUT2D eigenvalue weighted by Crippen LogP contribution is -2.45. The topological polar surface area (TPSA) is 73.8 Å². The van der Waals surface area contributed by atoms with E-state index in [9.17, 15) is 9.90 Å². The van der Waals surface area contributed by atoms with Crippen molar-refractivity contribution < 1.29 is 14.6 Å². The normalized spacial score (nSPS) is 11.9. The van der Waals surface area contributed by atoms with Gasteiger partial charge in [-0.05, 0) is 62.3 Å². The van der Waals surface area contributed by atoms with Gasteiger partial charge in [-0.2, -0.15) is 0 Å². The number of nitrogens with zero attached hydrogens (tertiary/aromatic N) is 1. The van der Waals surface area contributed by atoms with E-state index < -0.39 is 0 Å². The summed E-state index contributed by atoms with van der Waals surface area (Å²) in [7, 11) is 5.63. The summed E-state index contributed by atoms with van der Waals surface area (Å²) in [4.78, 5) is 14.2. The molecular formula is C21H29N3O3. The molecule has 0 heterocycles. The van der Waals surface area contributed by atoms with E-state index in [1.807, 2.05) is 50.5 Å². The van der Waals surface area contributed by atoms with Gasteiger partial charge in [-0.3, -0.25) is 0 Å². The maximum absolute atomic E-state index is 12.1. The number of aromatic hydroxyl groups is 1. The molecule has 6 nitrogen and oxygen atoms in total. The summed E-state index contributed by atoms with van der Waals surface area (Å²) in [6.45, 7) is 1.10. The van der Waals surface area contributed by atoms with Crippen LogP contribution >= 0.6 is 0 Å². The molecule has 0 aliphatic heterocycles. The number of hydrogen-bond donors (Lipinski definition) is 3. The molecule has 0 unspecified atom stereocenters. The third-order valence-corrected chi connectivity index (χ3v) is 4.47. The van der Waals surface area contributed by atoms with Gasteiger partial charge in [-0.15, -0.1) is 0 Å². The average molecular weight is 371 g/mol. The Hall–Kier alpha value is -2.73. The predicted octanol–water partition coefficient (Wildman–Crippen LogP) is 2.42. The molecule has 2 aromatic rings. The molecule has 0 aliphatic carbocycles. The van der Waals surface area contributed by atoms with Gasteiger partial charge in [0.15, 0.2) is 0 Å². The van der Waals surface area contributed by atoms with Crippen molar-refractivity contribution in [2.45, 2.75) is 18.9 Å². The number of urea groups is 1. The van der Waals surface area contributed by atoms with Crippen LogP contribution in [-0.4, -0.2) is 56.4 Å². The van der Waals surface area contributed by atoms with Gasteiger partial charge >= 0.3 is 6.03 Å². The Morgan fingerprint density at radius 3 is 2.52 bits per heavy atom. The van der Waals surface area contributed by atoms with Crippen molar-refractivity contribution in [3.05, 3.63) is 59.7 Å². The first kappa shape index (κ1) is 20.6. The lowest BCUT2D eigenvalue weighted by molar-refractivity contribution is 0.232. The fourth-order valence-electron chi connectivity index (χ4n) is 2.76. The first-order chi connectivity index (χ1) is 13.0. The number of carbonyl (C=O) groups excluding carboxylic acids is 1. The van der Waals surface area contributed by atoms with Gasteiger partial charge in [0.1, 0.15) is 11.5 Å². The van der Waals surface area contributed by atoms with E-state index in [-0.39, 0.29) is 17.8 Å². The van der Waals surface area contributed by atoms with Crippen molar-refractivity contribution in [1.29, 1.82) is 0 Å². The molecule has 6 heteroatoms. The highest BCUT2D eigenvalue weighted by molar-refractivity contribution is 5.73. The maximum Gasteiger partial charge on any atom is 0.314 e. The average Bonchev–Trinajstić information content (AvgIpc) is 2.66. The molecule has 0 aliphatic rings. The number of methoxy groups -OCH3 is 1. The Morgan fingerprint density at radius 1 is 1.11 bits per heavy atom. The molecule has 2 amide bonds. The fraction of sp³-hybridized carbons (Fsp3) is 0.381. The highest BCUT2D eigenvalue weighted by Crippen LogP contribution is 2.13. The third-order valence-electron chi connectivity index (χ3n) is 4.47. The zero-order valence-corrected chi connectivity index (χ0v) is 16.2. The van der Waals surface area contributed by atoms with Crippen LogP contribution in [0.25, 0.3) is 0 Å². The minimum Gasteiger partial charge on any atom is -0.508 e. The van der Waals surface area contributed by atoms with E-state index in [1.54, 1.807) is 19.2 Å². The summed E-state index contributed by atoms with van der Waals surface area (Å²) in [5.41, 5.74) is 2.24. The Labute approximate surface area is 161 Å². The Kier molecular flexibility index (Phi) is 7.95. The van der Waals surface area contributed by atoms with Gasteiger partial charge in [0.2, 0.25) is 0 Å². The second-order valence-electron chi connectivity index (χ2n) is 6.73. The molecule has 2 rings (SSSR count). The maximum atomic E-state index is 12.1. The molecule has 0 radical (unpaired) electrons. The number of phenolic OH excluding ortho intramolecular Hbond substituents is 1. The van der Waals surface area contributed by atoms with Crippen molar-refractivity contribution in [1.82, 2.24) is 15.5 Å². The van der Waals surface area contributed by atoms with E-state index in [2.05, 4.69) is 15.5 Å². The van der Waals surface area contributed by atoms with Gasteiger partial charge in [0, 0.05) is 19.1 Å². The van der Waals surface area contributed by atoms with Crippen LogP contribution in [-0.2, 0) is 12.8 Å². The largest absolute Gasteiger partial charge is 0.508 e. The van der Waals surface area contributed by atoms with Crippen molar-refractivity contribution in [2.75, 3.05) is 34.3 Å². The zero-order valence-electron chi connectivity index (χ0n) is 16.2. The van der Waals surface area contributed by atoms with Crippen molar-refractivity contribution in [2.24, 2.45) is 0 Å². The number of likely N-dealkylation sites (N-methyl/N-ethyl adjacent to an activating group) is 1. The summed E-state index contributed by atoms with van der Waals surface area (Å²) in [5.74, 6) is 1.08. The molecule has 0 saturated carbocycles. The number of rotatable bonds is 9. The summed E-state index contributed by atoms with van der Waals surface area (Å²) in [6.07, 6.45) is 1.53. The summed E-state index contributed by atoms with van der Waals surface area (Å²) in [5, 5.41) is 15.2. The molecule has 0 bridgehead atoms. The molecule has 0 fully saturated rings. The van der Waals surface area contributed by atoms with Crippen LogP contribution in [0.4, 0.5) is 4.79 Å². The van der Waals surface area contributed by atoms with Gasteiger partial charge in [0.05, 0.1) is 7.11 Å². The number of phenols is 1. The number of carbonyl (C=O) groups is 1. The smallest absolute Gasteiger partial charge is 0.314 e. The van der Waals surface area contributed by atoms with Crippen LogP contribution in [0.15, 0.2) is 48.5 Å². The van der Waals surface area contributed by atoms with E-state index in [0.29, 0.717) is 13.1 Å². The standard InChI is InChI=1S/C21H29N3O3/c1-24(2)18(13-17-7-9-19(25)10-8-17)15-23-21(26)22-12-11-16-5-4-6-20(14-16)27-3/h4-10,14,18,25H,11-13,15H2,1-3H3,(H2,22,23,26)/t18-/m0/s1. The molecular weight excluding hydrogens is 342 g/mol. The van der Waals surface area contributed by atoms with Gasteiger partial charge in [-0.1, -0.05) is 24.3 Å². The van der Waals surface area contributed by atoms with Crippen LogP contribution in [0, 0.1) is 0 Å². The molecule has 0 aromatic heterocycles. The summed E-state index contributed by atoms with van der Waals surface area (Å²) in [6, 6.07) is 15.0. The van der Waals surface area contributed by atoms with E-state index in [4.69, 9.17) is 4.74 Å². The number of benzene rings is 2. The number of amides is 2. The third kappa shape index (κ3) is 7.19. The molecule has 27 heavy (non-hydrogen) atoms. The van der Waals surface area contributed by atoms with E-state index in [1.165, 1.54) is 0 Å². The molecule has 0 saturated heterocycles. The minimum atomic E-state index is -0.171. The predicted molar refractivity (Wildman–Crippen MR) is 107 cm³/mol. The first-order valence-corrected chi connectivity index (χ1v) is 9.07. The Bertz CT molecular complexity index is 717. The first-order valence-electron chi connectivity index (χ1n) is 9.07. The lowest BCUT2D eigenvalue weighted by atomic mass is 10.1. The van der Waals surface area contributed by atoms with Crippen molar-refractivity contribution in [3.63, 3.8) is 0 Å². The van der Waals surface area contributed by atoms with Gasteiger partial charge < -0.3 is 25.4 Å². The van der Waals surface area contributed by atoms with Crippen LogP contribution in [0.5, 0.6) is 11.5 Å². The highest BCUT2D eigenvalue weighted by Gasteiger charge is 2.13. The quantitative estimate of drug-likeness (QED) is 0.633. The number of hydrogen-bond acceptors (Lipinski definition) is 4.